The number of carbonyl (C=O) groups is 1. The van der Waals surface area contributed by atoms with E-state index in [1.54, 1.807) is 0 Å². The van der Waals surface area contributed by atoms with Crippen LogP contribution < -0.4 is 5.32 Å². The molecule has 2 rings (SSSR count). The Hall–Kier alpha value is -1.84. The van der Waals surface area contributed by atoms with E-state index >= 15 is 0 Å². The summed E-state index contributed by atoms with van der Waals surface area (Å²) in [6.45, 7) is 6.64. The first-order valence-corrected chi connectivity index (χ1v) is 6.14. The molecule has 0 unspecified atom stereocenters. The Bertz CT molecular complexity index is 518. The molecule has 96 valence electrons. The van der Waals surface area contributed by atoms with Gasteiger partial charge in [-0.2, -0.15) is 5.10 Å². The second-order valence-electron chi connectivity index (χ2n) is 5.72. The van der Waals surface area contributed by atoms with E-state index in [2.05, 4.69) is 31.2 Å². The largest absolute Gasteiger partial charge is 0.350 e. The van der Waals surface area contributed by atoms with Gasteiger partial charge >= 0.3 is 0 Å². The fourth-order valence-corrected chi connectivity index (χ4v) is 1.81. The molecule has 0 atom stereocenters. The fraction of sp³-hybridized carbons (Fsp3) is 0.429. The Labute approximate surface area is 107 Å². The summed E-state index contributed by atoms with van der Waals surface area (Å²) < 4.78 is 1.81. The first-order valence-electron chi connectivity index (χ1n) is 6.14. The van der Waals surface area contributed by atoms with Crippen LogP contribution in [0.15, 0.2) is 30.5 Å². The molecule has 0 aliphatic carbocycles. The van der Waals surface area contributed by atoms with Crippen molar-refractivity contribution in [3.05, 3.63) is 36.2 Å². The number of fused-ring (bicyclic) bond motifs is 1. The zero-order valence-electron chi connectivity index (χ0n) is 11.1. The molecule has 2 aromatic heterocycles. The number of aromatic nitrogens is 2. The van der Waals surface area contributed by atoms with Gasteiger partial charge in [-0.05, 0) is 23.6 Å². The van der Waals surface area contributed by atoms with Crippen LogP contribution in [-0.2, 0) is 11.3 Å². The molecular weight excluding hydrogens is 226 g/mol. The minimum absolute atomic E-state index is 0.0169. The highest BCUT2D eigenvalue weighted by Gasteiger charge is 2.15. The number of nitrogens with zero attached hydrogens (tertiary/aromatic N) is 2. The summed E-state index contributed by atoms with van der Waals surface area (Å²) in [5, 5.41) is 7.28. The predicted octanol–water partition coefficient (Wildman–Crippen LogP) is 2.39. The summed E-state index contributed by atoms with van der Waals surface area (Å²) >= 11 is 0. The molecule has 0 fully saturated rings. The van der Waals surface area contributed by atoms with Crippen LogP contribution in [-0.4, -0.2) is 15.5 Å². The average Bonchev–Trinajstić information content (AvgIpc) is 2.66. The fourth-order valence-electron chi connectivity index (χ4n) is 1.81. The number of hydrogen-bond donors (Lipinski definition) is 1. The number of rotatable bonds is 3. The first-order chi connectivity index (χ1) is 8.44. The van der Waals surface area contributed by atoms with Gasteiger partial charge in [0.05, 0.1) is 17.8 Å². The lowest BCUT2D eigenvalue weighted by atomic mass is 9.92. The molecule has 0 radical (unpaired) electrons. The summed E-state index contributed by atoms with van der Waals surface area (Å²) in [6, 6.07) is 7.88. The SMILES string of the molecule is CC(C)(C)CC(=O)NCc1cc2ccccn2n1. The number of hydrogen-bond acceptors (Lipinski definition) is 2. The summed E-state index contributed by atoms with van der Waals surface area (Å²) in [5.41, 5.74) is 1.93. The smallest absolute Gasteiger partial charge is 0.220 e. The van der Waals surface area contributed by atoms with Gasteiger partial charge in [-0.3, -0.25) is 4.79 Å². The van der Waals surface area contributed by atoms with Crippen molar-refractivity contribution in [3.63, 3.8) is 0 Å². The van der Waals surface area contributed by atoms with Crippen molar-refractivity contribution >= 4 is 11.4 Å². The lowest BCUT2D eigenvalue weighted by molar-refractivity contribution is -0.122. The van der Waals surface area contributed by atoms with Crippen LogP contribution in [0.3, 0.4) is 0 Å². The maximum Gasteiger partial charge on any atom is 0.220 e. The van der Waals surface area contributed by atoms with Crippen LogP contribution >= 0.6 is 0 Å². The monoisotopic (exact) mass is 245 g/mol. The molecule has 0 saturated heterocycles. The normalized spacial score (nSPS) is 11.7. The Morgan fingerprint density at radius 2 is 2.17 bits per heavy atom. The van der Waals surface area contributed by atoms with Gasteiger partial charge in [-0.25, -0.2) is 4.52 Å². The molecule has 0 aliphatic heterocycles. The molecule has 2 aromatic rings. The van der Waals surface area contributed by atoms with Crippen molar-refractivity contribution in [2.24, 2.45) is 5.41 Å². The first kappa shape index (κ1) is 12.6. The zero-order chi connectivity index (χ0) is 13.2. The van der Waals surface area contributed by atoms with E-state index in [0.29, 0.717) is 13.0 Å². The van der Waals surface area contributed by atoms with E-state index in [4.69, 9.17) is 0 Å². The highest BCUT2D eigenvalue weighted by atomic mass is 16.1. The van der Waals surface area contributed by atoms with Gasteiger partial charge in [-0.1, -0.05) is 26.8 Å². The molecule has 0 aromatic carbocycles. The van der Waals surface area contributed by atoms with Crippen molar-refractivity contribution in [3.8, 4) is 0 Å². The van der Waals surface area contributed by atoms with Gasteiger partial charge in [0.2, 0.25) is 5.91 Å². The van der Waals surface area contributed by atoms with Crippen LogP contribution in [0.1, 0.15) is 32.9 Å². The van der Waals surface area contributed by atoms with Crippen LogP contribution in [0, 0.1) is 5.41 Å². The number of pyridine rings is 1. The van der Waals surface area contributed by atoms with Gasteiger partial charge in [0.15, 0.2) is 0 Å². The quantitative estimate of drug-likeness (QED) is 0.902. The topological polar surface area (TPSA) is 46.4 Å². The van der Waals surface area contributed by atoms with Crippen LogP contribution in [0.2, 0.25) is 0 Å². The van der Waals surface area contributed by atoms with Crippen LogP contribution in [0.5, 0.6) is 0 Å². The minimum Gasteiger partial charge on any atom is -0.350 e. The molecule has 0 bridgehead atoms. The van der Waals surface area contributed by atoms with E-state index in [0.717, 1.165) is 11.2 Å². The lowest BCUT2D eigenvalue weighted by Crippen LogP contribution is -2.27. The molecule has 0 aliphatic rings. The van der Waals surface area contributed by atoms with Crippen LogP contribution in [0.25, 0.3) is 5.52 Å². The Morgan fingerprint density at radius 3 is 2.83 bits per heavy atom. The van der Waals surface area contributed by atoms with E-state index in [-0.39, 0.29) is 11.3 Å². The van der Waals surface area contributed by atoms with Crippen LogP contribution in [0.4, 0.5) is 0 Å². The number of carbonyl (C=O) groups excluding carboxylic acids is 1. The number of nitrogens with one attached hydrogen (secondary N) is 1. The van der Waals surface area contributed by atoms with E-state index < -0.39 is 0 Å². The zero-order valence-corrected chi connectivity index (χ0v) is 11.1. The minimum atomic E-state index is 0.0169. The molecule has 18 heavy (non-hydrogen) atoms. The van der Waals surface area contributed by atoms with E-state index in [1.807, 2.05) is 35.0 Å². The molecule has 0 spiro atoms. The summed E-state index contributed by atoms with van der Waals surface area (Å²) in [4.78, 5) is 11.7. The molecule has 4 heteroatoms. The second kappa shape index (κ2) is 4.80. The Balaban J connectivity index is 1.96. The standard InChI is InChI=1S/C14H19N3O/c1-14(2,3)9-13(18)15-10-11-8-12-6-4-5-7-17(12)16-11/h4-8H,9-10H2,1-3H3,(H,15,18). The third-order valence-corrected chi connectivity index (χ3v) is 2.58. The third kappa shape index (κ3) is 3.32. The Kier molecular flexibility index (Phi) is 3.36. The maximum absolute atomic E-state index is 11.7. The van der Waals surface area contributed by atoms with Crippen molar-refractivity contribution in [2.45, 2.75) is 33.7 Å². The van der Waals surface area contributed by atoms with Gasteiger partial charge in [0.1, 0.15) is 0 Å². The molecule has 1 N–H and O–H groups in total. The van der Waals surface area contributed by atoms with Crippen molar-refractivity contribution in [1.82, 2.24) is 14.9 Å². The molecule has 0 saturated carbocycles. The predicted molar refractivity (Wildman–Crippen MR) is 71.1 cm³/mol. The average molecular weight is 245 g/mol. The maximum atomic E-state index is 11.7. The lowest BCUT2D eigenvalue weighted by Gasteiger charge is -2.16. The van der Waals surface area contributed by atoms with Crippen molar-refractivity contribution in [1.29, 1.82) is 0 Å². The summed E-state index contributed by atoms with van der Waals surface area (Å²) in [5.74, 6) is 0.0690. The molecular formula is C14H19N3O. The molecule has 1 amide bonds. The highest BCUT2D eigenvalue weighted by Crippen LogP contribution is 2.17. The summed E-state index contributed by atoms with van der Waals surface area (Å²) in [6.07, 6.45) is 2.43. The molecule has 2 heterocycles. The molecule has 4 nitrogen and oxygen atoms in total. The van der Waals surface area contributed by atoms with Gasteiger partial charge in [-0.15, -0.1) is 0 Å². The van der Waals surface area contributed by atoms with Crippen molar-refractivity contribution in [2.75, 3.05) is 0 Å². The van der Waals surface area contributed by atoms with E-state index in [9.17, 15) is 4.79 Å². The van der Waals surface area contributed by atoms with E-state index in [1.165, 1.54) is 0 Å². The Morgan fingerprint density at radius 1 is 1.39 bits per heavy atom. The van der Waals surface area contributed by atoms with Gasteiger partial charge in [0, 0.05) is 12.6 Å². The van der Waals surface area contributed by atoms with Crippen molar-refractivity contribution < 1.29 is 4.79 Å². The second-order valence-corrected chi connectivity index (χ2v) is 5.72. The van der Waals surface area contributed by atoms with Gasteiger partial charge in [0.25, 0.3) is 0 Å². The van der Waals surface area contributed by atoms with Gasteiger partial charge < -0.3 is 5.32 Å². The highest BCUT2D eigenvalue weighted by molar-refractivity contribution is 5.76. The third-order valence-electron chi connectivity index (χ3n) is 2.58. The number of amides is 1. The summed E-state index contributed by atoms with van der Waals surface area (Å²) in [7, 11) is 0.